The van der Waals surface area contributed by atoms with E-state index in [1.807, 2.05) is 135 Å². The lowest BCUT2D eigenvalue weighted by Gasteiger charge is -2.37. The summed E-state index contributed by atoms with van der Waals surface area (Å²) in [6, 6.07) is 43.9. The molecule has 0 aliphatic rings. The highest BCUT2D eigenvalue weighted by atomic mass is 16.5. The molecule has 304 valence electrons. The molecule has 4 amide bonds. The minimum Gasteiger partial charge on any atom is -0.445 e. The summed E-state index contributed by atoms with van der Waals surface area (Å²) in [5, 5.41) is 31.4. The van der Waals surface area contributed by atoms with Gasteiger partial charge in [-0.15, -0.1) is 0 Å². The van der Waals surface area contributed by atoms with Gasteiger partial charge in [0.2, 0.25) is 17.7 Å². The minimum atomic E-state index is -1.14. The molecule has 59 heavy (non-hydrogen) atoms. The second-order valence-electron chi connectivity index (χ2n) is 14.8. The molecule has 0 heterocycles. The Kier molecular flexibility index (Phi) is 15.9. The van der Waals surface area contributed by atoms with Crippen molar-refractivity contribution in [1.29, 1.82) is 5.26 Å². The van der Waals surface area contributed by atoms with Crippen LogP contribution in [0.15, 0.2) is 146 Å². The first-order valence-corrected chi connectivity index (χ1v) is 19.8. The summed E-state index contributed by atoms with van der Waals surface area (Å²) in [6.07, 6.45) is -0.426. The van der Waals surface area contributed by atoms with Crippen LogP contribution in [-0.2, 0) is 37.7 Å². The summed E-state index contributed by atoms with van der Waals surface area (Å²) in [7, 11) is 0. The summed E-state index contributed by atoms with van der Waals surface area (Å²) in [6.45, 7) is 3.36. The Morgan fingerprint density at radius 3 is 1.66 bits per heavy atom. The van der Waals surface area contributed by atoms with Crippen LogP contribution < -0.4 is 21.3 Å². The highest BCUT2D eigenvalue weighted by molar-refractivity contribution is 5.91. The molecule has 0 saturated heterocycles. The minimum absolute atomic E-state index is 0.000278. The first kappa shape index (κ1) is 43.4. The van der Waals surface area contributed by atoms with Crippen LogP contribution in [-0.4, -0.2) is 53.7 Å². The average molecular weight is 794 g/mol. The Bertz CT molecular complexity index is 2050. The summed E-state index contributed by atoms with van der Waals surface area (Å²) in [5.74, 6) is -1.49. The molecular weight excluding hydrogens is 743 g/mol. The zero-order valence-corrected chi connectivity index (χ0v) is 33.3. The van der Waals surface area contributed by atoms with Gasteiger partial charge in [0.1, 0.15) is 24.2 Å². The monoisotopic (exact) mass is 793 g/mol. The highest BCUT2D eigenvalue weighted by Crippen LogP contribution is 2.37. The van der Waals surface area contributed by atoms with Gasteiger partial charge in [0, 0.05) is 12.8 Å². The SMILES string of the molecule is CC(C)C[C@H](NC(=O)OCc1ccccc1)C(=O)N[C@@H](Cc1ccc(C#N)cc1)C(=O)N[C@H](CO)CCC(=O)NC(c1ccccc1)(c1ccccc1)c1ccccc1. The van der Waals surface area contributed by atoms with Gasteiger partial charge in [0.15, 0.2) is 0 Å². The molecule has 11 heteroatoms. The number of rotatable bonds is 19. The molecule has 0 bridgehead atoms. The molecule has 5 aromatic rings. The smallest absolute Gasteiger partial charge is 0.408 e. The van der Waals surface area contributed by atoms with Gasteiger partial charge in [0.25, 0.3) is 0 Å². The Morgan fingerprint density at radius 2 is 1.17 bits per heavy atom. The largest absolute Gasteiger partial charge is 0.445 e. The van der Waals surface area contributed by atoms with E-state index in [1.165, 1.54) is 0 Å². The Balaban J connectivity index is 1.31. The van der Waals surface area contributed by atoms with E-state index in [0.29, 0.717) is 11.1 Å². The number of carbonyl (C=O) groups excluding carboxylic acids is 4. The van der Waals surface area contributed by atoms with Crippen molar-refractivity contribution in [3.8, 4) is 6.07 Å². The van der Waals surface area contributed by atoms with Crippen molar-refractivity contribution >= 4 is 23.8 Å². The number of benzene rings is 5. The molecule has 0 unspecified atom stereocenters. The molecule has 11 nitrogen and oxygen atoms in total. The predicted molar refractivity (Wildman–Crippen MR) is 225 cm³/mol. The average Bonchev–Trinajstić information content (AvgIpc) is 3.27. The van der Waals surface area contributed by atoms with Gasteiger partial charge in [0.05, 0.1) is 24.3 Å². The third kappa shape index (κ3) is 12.4. The second-order valence-corrected chi connectivity index (χ2v) is 14.8. The number of alkyl carbamates (subject to hydrolysis) is 1. The van der Waals surface area contributed by atoms with Crippen molar-refractivity contribution in [3.63, 3.8) is 0 Å². The van der Waals surface area contributed by atoms with Crippen molar-refractivity contribution in [1.82, 2.24) is 21.3 Å². The van der Waals surface area contributed by atoms with Crippen LogP contribution in [0.3, 0.4) is 0 Å². The molecule has 5 rings (SSSR count). The molecule has 3 atom stereocenters. The van der Waals surface area contributed by atoms with Gasteiger partial charge >= 0.3 is 6.09 Å². The van der Waals surface area contributed by atoms with E-state index in [0.717, 1.165) is 22.3 Å². The number of carbonyl (C=O) groups is 4. The predicted octanol–water partition coefficient (Wildman–Crippen LogP) is 6.29. The molecule has 0 spiro atoms. The zero-order valence-electron chi connectivity index (χ0n) is 33.3. The Morgan fingerprint density at radius 1 is 0.661 bits per heavy atom. The standard InChI is InChI=1S/C48H51N5O6/c1-34(2)29-42(52-47(58)59-33-37-15-7-3-8-16-37)46(57)51-43(30-35-23-25-36(31-49)26-24-35)45(56)50-41(32-54)27-28-44(55)53-48(38-17-9-4-10-18-38,39-19-11-5-12-20-39)40-21-13-6-14-22-40/h3-26,34,41-43,54H,27-30,32-33H2,1-2H3,(H,50,56)(H,51,57)(H,52,58)(H,53,55)/t41-,42-,43-/m0/s1. The van der Waals surface area contributed by atoms with E-state index in [4.69, 9.17) is 4.74 Å². The highest BCUT2D eigenvalue weighted by Gasteiger charge is 2.38. The van der Waals surface area contributed by atoms with Crippen molar-refractivity contribution in [3.05, 3.63) is 179 Å². The lowest BCUT2D eigenvalue weighted by molar-refractivity contribution is -0.130. The fourth-order valence-corrected chi connectivity index (χ4v) is 6.91. The number of aliphatic hydroxyl groups excluding tert-OH is 1. The summed E-state index contributed by atoms with van der Waals surface area (Å²) in [5.41, 5.74) is 3.41. The van der Waals surface area contributed by atoms with Crippen molar-refractivity contribution < 1.29 is 29.0 Å². The number of nitrogens with zero attached hydrogens (tertiary/aromatic N) is 1. The molecule has 0 aliphatic heterocycles. The summed E-state index contributed by atoms with van der Waals surface area (Å²) in [4.78, 5) is 54.7. The quantitative estimate of drug-likeness (QED) is 0.0612. The third-order valence-electron chi connectivity index (χ3n) is 9.92. The number of ether oxygens (including phenoxy) is 1. The zero-order chi connectivity index (χ0) is 42.0. The fourth-order valence-electron chi connectivity index (χ4n) is 6.91. The molecule has 0 saturated carbocycles. The number of amides is 4. The van der Waals surface area contributed by atoms with E-state index in [-0.39, 0.29) is 44.1 Å². The van der Waals surface area contributed by atoms with Crippen LogP contribution in [0.25, 0.3) is 0 Å². The maximum Gasteiger partial charge on any atom is 0.408 e. The second kappa shape index (κ2) is 21.7. The topological polar surface area (TPSA) is 170 Å². The summed E-state index contributed by atoms with van der Waals surface area (Å²) < 4.78 is 5.38. The third-order valence-corrected chi connectivity index (χ3v) is 9.92. The van der Waals surface area contributed by atoms with Gasteiger partial charge in [-0.3, -0.25) is 14.4 Å². The van der Waals surface area contributed by atoms with Crippen LogP contribution in [0.4, 0.5) is 4.79 Å². The molecule has 0 radical (unpaired) electrons. The van der Waals surface area contributed by atoms with Crippen molar-refractivity contribution in [2.24, 2.45) is 5.92 Å². The van der Waals surface area contributed by atoms with Gasteiger partial charge in [-0.25, -0.2) is 4.79 Å². The Hall–Kier alpha value is -6.77. The number of hydrogen-bond donors (Lipinski definition) is 5. The normalized spacial score (nSPS) is 12.6. The molecule has 5 aromatic carbocycles. The van der Waals surface area contributed by atoms with E-state index in [1.54, 1.807) is 24.3 Å². The van der Waals surface area contributed by atoms with Crippen LogP contribution >= 0.6 is 0 Å². The molecular formula is C48H51N5O6. The van der Waals surface area contributed by atoms with Gasteiger partial charge in [-0.2, -0.15) is 5.26 Å². The van der Waals surface area contributed by atoms with Gasteiger partial charge in [-0.05, 0) is 58.7 Å². The first-order valence-electron chi connectivity index (χ1n) is 19.8. The molecule has 0 aliphatic carbocycles. The van der Waals surface area contributed by atoms with Crippen LogP contribution in [0.5, 0.6) is 0 Å². The Labute approximate surface area is 345 Å². The van der Waals surface area contributed by atoms with E-state index < -0.39 is 48.2 Å². The van der Waals surface area contributed by atoms with E-state index >= 15 is 0 Å². The lowest BCUT2D eigenvalue weighted by Crippen LogP contribution is -2.56. The summed E-state index contributed by atoms with van der Waals surface area (Å²) >= 11 is 0. The molecule has 5 N–H and O–H groups in total. The van der Waals surface area contributed by atoms with Crippen LogP contribution in [0.1, 0.15) is 66.5 Å². The number of nitriles is 1. The maximum absolute atomic E-state index is 14.0. The van der Waals surface area contributed by atoms with Crippen LogP contribution in [0, 0.1) is 17.2 Å². The van der Waals surface area contributed by atoms with E-state index in [9.17, 15) is 29.5 Å². The fraction of sp³-hybridized carbons (Fsp3) is 0.271. The molecule has 0 fully saturated rings. The van der Waals surface area contributed by atoms with Gasteiger partial charge in [-0.1, -0.05) is 147 Å². The number of hydrogen-bond acceptors (Lipinski definition) is 7. The number of aliphatic hydroxyl groups is 1. The first-order chi connectivity index (χ1) is 28.6. The van der Waals surface area contributed by atoms with Crippen molar-refractivity contribution in [2.75, 3.05) is 6.61 Å². The van der Waals surface area contributed by atoms with Crippen LogP contribution in [0.2, 0.25) is 0 Å². The molecule has 0 aromatic heterocycles. The van der Waals surface area contributed by atoms with E-state index in [2.05, 4.69) is 27.3 Å². The lowest BCUT2D eigenvalue weighted by atomic mass is 9.77. The maximum atomic E-state index is 14.0. The van der Waals surface area contributed by atoms with Crippen molar-refractivity contribution in [2.45, 2.75) is 69.8 Å². The number of nitrogens with one attached hydrogen (secondary N) is 4. The van der Waals surface area contributed by atoms with Gasteiger partial charge < -0.3 is 31.1 Å².